The van der Waals surface area contributed by atoms with Crippen LogP contribution in [0.25, 0.3) is 22.1 Å². The van der Waals surface area contributed by atoms with Crippen molar-refractivity contribution in [3.63, 3.8) is 0 Å². The SMILES string of the molecule is COc1ccc2oc(=Nc3ccc(-c4ccccc4)cc3)c(C3=NCc4ccccc4N3)cc2c1. The van der Waals surface area contributed by atoms with E-state index >= 15 is 0 Å². The molecule has 1 N–H and O–H groups in total. The third kappa shape index (κ3) is 4.20. The van der Waals surface area contributed by atoms with Gasteiger partial charge in [-0.25, -0.2) is 4.99 Å². The van der Waals surface area contributed by atoms with Crippen molar-refractivity contribution in [3.05, 3.63) is 120 Å². The molecule has 1 aliphatic heterocycles. The van der Waals surface area contributed by atoms with Crippen LogP contribution in [0.2, 0.25) is 0 Å². The number of amidine groups is 1. The number of hydrogen-bond donors (Lipinski definition) is 1. The van der Waals surface area contributed by atoms with Gasteiger partial charge in [-0.05, 0) is 59.2 Å². The number of methoxy groups -OCH3 is 1. The highest BCUT2D eigenvalue weighted by molar-refractivity contribution is 6.10. The summed E-state index contributed by atoms with van der Waals surface area (Å²) >= 11 is 0. The van der Waals surface area contributed by atoms with Gasteiger partial charge in [0.05, 0.1) is 24.9 Å². The van der Waals surface area contributed by atoms with Gasteiger partial charge in [0, 0.05) is 11.1 Å². The number of fused-ring (bicyclic) bond motifs is 2. The molecule has 0 fully saturated rings. The minimum Gasteiger partial charge on any atom is -0.497 e. The summed E-state index contributed by atoms with van der Waals surface area (Å²) in [5.41, 5.74) is 7.34. The van der Waals surface area contributed by atoms with Crippen molar-refractivity contribution in [3.8, 4) is 16.9 Å². The van der Waals surface area contributed by atoms with Crippen LogP contribution in [-0.4, -0.2) is 12.9 Å². The van der Waals surface area contributed by atoms with E-state index in [1.807, 2.05) is 60.7 Å². The average Bonchev–Trinajstić information content (AvgIpc) is 2.93. The molecule has 1 aromatic heterocycles. The first-order chi connectivity index (χ1) is 17.3. The molecule has 5 heteroatoms. The summed E-state index contributed by atoms with van der Waals surface area (Å²) in [6, 6.07) is 34.4. The van der Waals surface area contributed by atoms with Crippen LogP contribution in [0, 0.1) is 0 Å². The highest BCUT2D eigenvalue weighted by atomic mass is 16.5. The lowest BCUT2D eigenvalue weighted by atomic mass is 10.1. The van der Waals surface area contributed by atoms with Crippen molar-refractivity contribution in [1.29, 1.82) is 0 Å². The molecule has 0 atom stereocenters. The summed E-state index contributed by atoms with van der Waals surface area (Å²) in [4.78, 5) is 9.68. The first-order valence-electron chi connectivity index (χ1n) is 11.5. The molecule has 0 amide bonds. The smallest absolute Gasteiger partial charge is 0.230 e. The van der Waals surface area contributed by atoms with E-state index in [0.29, 0.717) is 12.1 Å². The predicted molar refractivity (Wildman–Crippen MR) is 140 cm³/mol. The summed E-state index contributed by atoms with van der Waals surface area (Å²) in [5, 5.41) is 4.38. The molecule has 1 aliphatic rings. The lowest BCUT2D eigenvalue weighted by Gasteiger charge is -2.18. The second-order valence-electron chi connectivity index (χ2n) is 8.34. The molecule has 6 rings (SSSR count). The zero-order valence-electron chi connectivity index (χ0n) is 19.2. The molecule has 0 unspecified atom stereocenters. The van der Waals surface area contributed by atoms with E-state index < -0.39 is 0 Å². The number of ether oxygens (including phenoxy) is 1. The topological polar surface area (TPSA) is 59.1 Å². The number of benzene rings is 4. The van der Waals surface area contributed by atoms with Crippen LogP contribution in [0.15, 0.2) is 118 Å². The third-order valence-corrected chi connectivity index (χ3v) is 6.09. The van der Waals surface area contributed by atoms with E-state index in [2.05, 4.69) is 47.8 Å². The van der Waals surface area contributed by atoms with Crippen LogP contribution in [-0.2, 0) is 6.54 Å². The minimum atomic E-state index is 0.501. The van der Waals surface area contributed by atoms with Crippen molar-refractivity contribution < 1.29 is 9.15 Å². The van der Waals surface area contributed by atoms with Gasteiger partial charge in [-0.2, -0.15) is 0 Å². The molecule has 170 valence electrons. The Hall–Kier alpha value is -4.64. The Kier molecular flexibility index (Phi) is 5.35. The summed E-state index contributed by atoms with van der Waals surface area (Å²) in [6.45, 7) is 0.597. The van der Waals surface area contributed by atoms with Gasteiger partial charge < -0.3 is 14.5 Å². The van der Waals surface area contributed by atoms with Crippen LogP contribution in [0.4, 0.5) is 11.4 Å². The Labute approximate surface area is 203 Å². The zero-order chi connectivity index (χ0) is 23.6. The van der Waals surface area contributed by atoms with Crippen molar-refractivity contribution in [2.24, 2.45) is 9.98 Å². The lowest BCUT2D eigenvalue weighted by Crippen LogP contribution is -2.25. The fourth-order valence-corrected chi connectivity index (χ4v) is 4.23. The summed E-state index contributed by atoms with van der Waals surface area (Å²) in [7, 11) is 1.66. The molecular weight excluding hydrogens is 434 g/mol. The van der Waals surface area contributed by atoms with Gasteiger partial charge in [-0.3, -0.25) is 4.99 Å². The molecule has 0 spiro atoms. The number of para-hydroxylation sites is 1. The van der Waals surface area contributed by atoms with Crippen molar-refractivity contribution in [2.45, 2.75) is 6.54 Å². The molecular formula is C30H23N3O2. The summed E-state index contributed by atoms with van der Waals surface area (Å²) in [6.07, 6.45) is 0. The third-order valence-electron chi connectivity index (χ3n) is 6.09. The monoisotopic (exact) mass is 457 g/mol. The summed E-state index contributed by atoms with van der Waals surface area (Å²) in [5.74, 6) is 1.50. The molecule has 35 heavy (non-hydrogen) atoms. The largest absolute Gasteiger partial charge is 0.497 e. The first-order valence-corrected chi connectivity index (χ1v) is 11.5. The standard InChI is InChI=1S/C30H23N3O2/c1-34-25-15-16-28-23(17-25)18-26(29-31-19-22-9-5-6-10-27(22)33-29)30(35-28)32-24-13-11-21(12-14-24)20-7-3-2-4-8-20/h2-18H,19H2,1H3,(H,31,33). The minimum absolute atomic E-state index is 0.501. The van der Waals surface area contributed by atoms with Gasteiger partial charge in [0.15, 0.2) is 0 Å². The predicted octanol–water partition coefficient (Wildman–Crippen LogP) is 6.71. The number of anilines is 1. The maximum Gasteiger partial charge on any atom is 0.230 e. The molecule has 2 heterocycles. The number of nitrogens with zero attached hydrogens (tertiary/aromatic N) is 2. The molecule has 0 bridgehead atoms. The van der Waals surface area contributed by atoms with Crippen molar-refractivity contribution >= 4 is 28.2 Å². The maximum absolute atomic E-state index is 6.31. The van der Waals surface area contributed by atoms with Gasteiger partial charge in [-0.15, -0.1) is 0 Å². The normalized spacial score (nSPS) is 13.2. The van der Waals surface area contributed by atoms with Gasteiger partial charge in [0.2, 0.25) is 5.55 Å². The van der Waals surface area contributed by atoms with E-state index in [1.54, 1.807) is 7.11 Å². The highest BCUT2D eigenvalue weighted by Crippen LogP contribution is 2.26. The van der Waals surface area contributed by atoms with Crippen molar-refractivity contribution in [2.75, 3.05) is 12.4 Å². The average molecular weight is 458 g/mol. The zero-order valence-corrected chi connectivity index (χ0v) is 19.2. The van der Waals surface area contributed by atoms with Gasteiger partial charge in [0.25, 0.3) is 0 Å². The van der Waals surface area contributed by atoms with E-state index in [4.69, 9.17) is 19.1 Å². The van der Waals surface area contributed by atoms with Gasteiger partial charge in [-0.1, -0.05) is 60.7 Å². The quantitative estimate of drug-likeness (QED) is 0.326. The number of aliphatic imine (C=N–C) groups is 1. The Bertz CT molecular complexity index is 1620. The number of hydrogen-bond acceptors (Lipinski definition) is 5. The van der Waals surface area contributed by atoms with E-state index in [1.165, 1.54) is 5.56 Å². The molecule has 5 nitrogen and oxygen atoms in total. The Morgan fingerprint density at radius 3 is 2.43 bits per heavy atom. The summed E-state index contributed by atoms with van der Waals surface area (Å²) < 4.78 is 11.7. The van der Waals surface area contributed by atoms with Crippen LogP contribution >= 0.6 is 0 Å². The molecule has 0 saturated carbocycles. The van der Waals surface area contributed by atoms with E-state index in [9.17, 15) is 0 Å². The fraction of sp³-hybridized carbons (Fsp3) is 0.0667. The van der Waals surface area contributed by atoms with Gasteiger partial charge in [0.1, 0.15) is 17.2 Å². The van der Waals surface area contributed by atoms with E-state index in [0.717, 1.165) is 50.6 Å². The molecule has 0 radical (unpaired) electrons. The maximum atomic E-state index is 6.31. The Morgan fingerprint density at radius 2 is 1.60 bits per heavy atom. The molecule has 4 aromatic carbocycles. The lowest BCUT2D eigenvalue weighted by molar-refractivity contribution is 0.415. The Balaban J connectivity index is 1.47. The Morgan fingerprint density at radius 1 is 0.829 bits per heavy atom. The van der Waals surface area contributed by atoms with Crippen molar-refractivity contribution in [1.82, 2.24) is 0 Å². The number of rotatable bonds is 4. The van der Waals surface area contributed by atoms with Crippen LogP contribution < -0.4 is 15.6 Å². The van der Waals surface area contributed by atoms with Crippen LogP contribution in [0.1, 0.15) is 11.1 Å². The fourth-order valence-electron chi connectivity index (χ4n) is 4.23. The first kappa shape index (κ1) is 20.9. The van der Waals surface area contributed by atoms with E-state index in [-0.39, 0.29) is 0 Å². The second kappa shape index (κ2) is 8.95. The highest BCUT2D eigenvalue weighted by Gasteiger charge is 2.17. The van der Waals surface area contributed by atoms with Crippen LogP contribution in [0.5, 0.6) is 5.75 Å². The second-order valence-corrected chi connectivity index (χ2v) is 8.34. The van der Waals surface area contributed by atoms with Gasteiger partial charge >= 0.3 is 0 Å². The molecule has 0 saturated heterocycles. The van der Waals surface area contributed by atoms with Crippen LogP contribution in [0.3, 0.4) is 0 Å². The number of nitrogens with one attached hydrogen (secondary N) is 1. The molecule has 0 aliphatic carbocycles. The molecule has 5 aromatic rings.